The first kappa shape index (κ1) is 15.0. The van der Waals surface area contributed by atoms with Crippen LogP contribution in [0.5, 0.6) is 0 Å². The average molecular weight is 424 g/mol. The zero-order valence-electron chi connectivity index (χ0n) is 10.8. The van der Waals surface area contributed by atoms with Crippen LogP contribution in [0.4, 0.5) is 0 Å². The van der Waals surface area contributed by atoms with E-state index in [4.69, 9.17) is 5.73 Å². The quantitative estimate of drug-likeness (QED) is 0.795. The molecular weight excluding hydrogens is 408 g/mol. The summed E-state index contributed by atoms with van der Waals surface area (Å²) < 4.78 is 29.0. The van der Waals surface area contributed by atoms with E-state index in [0.29, 0.717) is 9.37 Å². The molecule has 20 heavy (non-hydrogen) atoms. The largest absolute Gasteiger partial charge is 0.328 e. The van der Waals surface area contributed by atoms with E-state index in [1.807, 2.05) is 0 Å². The fourth-order valence-electron chi connectivity index (χ4n) is 3.37. The van der Waals surface area contributed by atoms with Crippen molar-refractivity contribution in [1.29, 1.82) is 0 Å². The molecule has 3 rings (SSSR count). The van der Waals surface area contributed by atoms with Crippen molar-refractivity contribution in [1.82, 2.24) is 4.31 Å². The van der Waals surface area contributed by atoms with Crippen molar-refractivity contribution in [2.45, 2.75) is 48.7 Å². The summed E-state index contributed by atoms with van der Waals surface area (Å²) >= 11 is 6.71. The monoisotopic (exact) mass is 422 g/mol. The Labute approximate surface area is 136 Å². The molecule has 2 unspecified atom stereocenters. The van der Waals surface area contributed by atoms with Gasteiger partial charge in [0.15, 0.2) is 0 Å². The smallest absolute Gasteiger partial charge is 0.244 e. The molecular formula is C13H16Br2N2O2S. The van der Waals surface area contributed by atoms with Crippen molar-refractivity contribution in [3.63, 3.8) is 0 Å². The molecule has 4 nitrogen and oxygen atoms in total. The highest BCUT2D eigenvalue weighted by Crippen LogP contribution is 2.40. The van der Waals surface area contributed by atoms with Crippen LogP contribution in [0.15, 0.2) is 32.0 Å². The van der Waals surface area contributed by atoms with E-state index in [2.05, 4.69) is 31.9 Å². The summed E-state index contributed by atoms with van der Waals surface area (Å²) in [7, 11) is -3.46. The first-order valence-electron chi connectivity index (χ1n) is 6.64. The minimum absolute atomic E-state index is 0.0595. The van der Waals surface area contributed by atoms with Gasteiger partial charge in [0.2, 0.25) is 10.0 Å². The molecule has 2 bridgehead atoms. The summed E-state index contributed by atoms with van der Waals surface area (Å²) in [5.74, 6) is 0. The summed E-state index contributed by atoms with van der Waals surface area (Å²) in [5, 5.41) is 0. The highest BCUT2D eigenvalue weighted by molar-refractivity contribution is 9.11. The second-order valence-corrected chi connectivity index (χ2v) is 9.11. The van der Waals surface area contributed by atoms with Gasteiger partial charge in [-0.05, 0) is 59.8 Å². The third-order valence-corrected chi connectivity index (χ3v) is 7.63. The SMILES string of the molecule is NC1CC2CCC(C1)N2S(=O)(=O)c1ccc(Br)cc1Br. The van der Waals surface area contributed by atoms with Crippen molar-refractivity contribution in [3.05, 3.63) is 27.1 Å². The normalized spacial score (nSPS) is 30.6. The van der Waals surface area contributed by atoms with Crippen molar-refractivity contribution in [2.24, 2.45) is 5.73 Å². The van der Waals surface area contributed by atoms with Crippen molar-refractivity contribution in [2.75, 3.05) is 0 Å². The number of fused-ring (bicyclic) bond motifs is 2. The first-order chi connectivity index (χ1) is 9.39. The molecule has 1 aromatic carbocycles. The molecule has 2 aliphatic rings. The van der Waals surface area contributed by atoms with E-state index in [0.717, 1.165) is 30.2 Å². The molecule has 0 aromatic heterocycles. The van der Waals surface area contributed by atoms with Gasteiger partial charge in [0.1, 0.15) is 0 Å². The molecule has 2 heterocycles. The van der Waals surface area contributed by atoms with Crippen molar-refractivity contribution < 1.29 is 8.42 Å². The maximum absolute atomic E-state index is 12.9. The highest BCUT2D eigenvalue weighted by atomic mass is 79.9. The zero-order chi connectivity index (χ0) is 14.5. The lowest BCUT2D eigenvalue weighted by Gasteiger charge is -2.36. The maximum Gasteiger partial charge on any atom is 0.244 e. The number of sulfonamides is 1. The van der Waals surface area contributed by atoms with Crippen LogP contribution in [0.2, 0.25) is 0 Å². The van der Waals surface area contributed by atoms with Crippen LogP contribution >= 0.6 is 31.9 Å². The lowest BCUT2D eigenvalue weighted by atomic mass is 10.0. The number of piperidine rings is 1. The lowest BCUT2D eigenvalue weighted by Crippen LogP contribution is -2.50. The molecule has 2 aliphatic heterocycles. The van der Waals surface area contributed by atoms with Gasteiger partial charge in [0, 0.05) is 27.1 Å². The van der Waals surface area contributed by atoms with Gasteiger partial charge in [-0.25, -0.2) is 8.42 Å². The third-order valence-electron chi connectivity index (χ3n) is 4.15. The van der Waals surface area contributed by atoms with Crippen LogP contribution in [-0.2, 0) is 10.0 Å². The van der Waals surface area contributed by atoms with E-state index in [1.165, 1.54) is 0 Å². The summed E-state index contributed by atoms with van der Waals surface area (Å²) in [6.07, 6.45) is 3.38. The molecule has 2 atom stereocenters. The second-order valence-electron chi connectivity index (χ2n) is 5.53. The van der Waals surface area contributed by atoms with Gasteiger partial charge in [-0.3, -0.25) is 0 Å². The Kier molecular flexibility index (Phi) is 4.01. The molecule has 2 saturated heterocycles. The van der Waals surface area contributed by atoms with Crippen LogP contribution in [0.1, 0.15) is 25.7 Å². The van der Waals surface area contributed by atoms with Gasteiger partial charge in [0.25, 0.3) is 0 Å². The number of halogens is 2. The standard InChI is InChI=1S/C13H16Br2N2O2S/c14-8-1-4-13(12(15)5-8)20(18,19)17-10-2-3-11(17)7-9(16)6-10/h1,4-5,9-11H,2-3,6-7,16H2. The van der Waals surface area contributed by atoms with Crippen molar-refractivity contribution >= 4 is 41.9 Å². The number of rotatable bonds is 2. The molecule has 0 radical (unpaired) electrons. The average Bonchev–Trinajstić information content (AvgIpc) is 2.62. The molecule has 0 amide bonds. The fourth-order valence-corrected chi connectivity index (χ4v) is 6.97. The van der Waals surface area contributed by atoms with Crippen LogP contribution in [0.3, 0.4) is 0 Å². The Bertz CT molecular complexity index is 621. The first-order valence-corrected chi connectivity index (χ1v) is 9.66. The topological polar surface area (TPSA) is 63.4 Å². The minimum Gasteiger partial charge on any atom is -0.328 e. The van der Waals surface area contributed by atoms with E-state index in [-0.39, 0.29) is 18.1 Å². The van der Waals surface area contributed by atoms with Gasteiger partial charge >= 0.3 is 0 Å². The predicted molar refractivity (Wildman–Crippen MR) is 84.9 cm³/mol. The number of nitrogens with two attached hydrogens (primary N) is 1. The Morgan fingerprint density at radius 3 is 2.30 bits per heavy atom. The molecule has 0 saturated carbocycles. The van der Waals surface area contributed by atoms with Gasteiger partial charge < -0.3 is 5.73 Å². The van der Waals surface area contributed by atoms with E-state index >= 15 is 0 Å². The molecule has 0 aliphatic carbocycles. The minimum atomic E-state index is -3.46. The van der Waals surface area contributed by atoms with Gasteiger partial charge in [-0.15, -0.1) is 0 Å². The molecule has 7 heteroatoms. The molecule has 2 N–H and O–H groups in total. The molecule has 1 aromatic rings. The van der Waals surface area contributed by atoms with Gasteiger partial charge in [-0.2, -0.15) is 4.31 Å². The molecule has 2 fully saturated rings. The van der Waals surface area contributed by atoms with E-state index in [1.54, 1.807) is 22.5 Å². The van der Waals surface area contributed by atoms with Crippen LogP contribution in [0, 0.1) is 0 Å². The van der Waals surface area contributed by atoms with Gasteiger partial charge in [0.05, 0.1) is 4.90 Å². The summed E-state index contributed by atoms with van der Waals surface area (Å²) in [4.78, 5) is 0.341. The number of hydrogen-bond acceptors (Lipinski definition) is 3. The summed E-state index contributed by atoms with van der Waals surface area (Å²) in [6, 6.07) is 5.43. The predicted octanol–water partition coefficient (Wildman–Crippen LogP) is 2.85. The number of hydrogen-bond donors (Lipinski definition) is 1. The maximum atomic E-state index is 12.9. The van der Waals surface area contributed by atoms with Crippen molar-refractivity contribution in [3.8, 4) is 0 Å². The summed E-state index contributed by atoms with van der Waals surface area (Å²) in [5.41, 5.74) is 6.01. The van der Waals surface area contributed by atoms with Crippen LogP contribution in [0.25, 0.3) is 0 Å². The second kappa shape index (κ2) is 5.35. The van der Waals surface area contributed by atoms with Gasteiger partial charge in [-0.1, -0.05) is 15.9 Å². The Morgan fingerprint density at radius 2 is 1.75 bits per heavy atom. The molecule has 110 valence electrons. The zero-order valence-corrected chi connectivity index (χ0v) is 14.8. The fraction of sp³-hybridized carbons (Fsp3) is 0.538. The lowest BCUT2D eigenvalue weighted by molar-refractivity contribution is 0.227. The number of nitrogens with zero attached hydrogens (tertiary/aromatic N) is 1. The molecule has 0 spiro atoms. The number of benzene rings is 1. The Morgan fingerprint density at radius 1 is 1.15 bits per heavy atom. The Balaban J connectivity index is 2.01. The third kappa shape index (κ3) is 2.47. The highest BCUT2D eigenvalue weighted by Gasteiger charge is 2.46. The summed E-state index contributed by atoms with van der Waals surface area (Å²) in [6.45, 7) is 0. The van der Waals surface area contributed by atoms with E-state index < -0.39 is 10.0 Å². The Hall–Kier alpha value is 0.0500. The van der Waals surface area contributed by atoms with Crippen LogP contribution in [-0.4, -0.2) is 30.8 Å². The van der Waals surface area contributed by atoms with E-state index in [9.17, 15) is 8.42 Å². The van der Waals surface area contributed by atoms with Crippen LogP contribution < -0.4 is 5.73 Å².